The molecule has 2 saturated heterocycles. The van der Waals surface area contributed by atoms with Gasteiger partial charge in [-0.05, 0) is 81.0 Å². The summed E-state index contributed by atoms with van der Waals surface area (Å²) in [5, 5.41) is 4.29. The second-order valence-electron chi connectivity index (χ2n) is 9.11. The third-order valence-corrected chi connectivity index (χ3v) is 8.52. The summed E-state index contributed by atoms with van der Waals surface area (Å²) in [5.41, 5.74) is 1.20. The minimum Gasteiger partial charge on any atom is -0.496 e. The van der Waals surface area contributed by atoms with Crippen LogP contribution in [0.25, 0.3) is 0 Å². The monoisotopic (exact) mass is 521 g/mol. The topological polar surface area (TPSA) is 97.0 Å². The van der Waals surface area contributed by atoms with E-state index in [1.807, 2.05) is 25.1 Å². The van der Waals surface area contributed by atoms with Crippen molar-refractivity contribution in [3.05, 3.63) is 58.6 Å². The van der Waals surface area contributed by atoms with Crippen LogP contribution in [0.5, 0.6) is 11.5 Å². The number of nitrogens with zero attached hydrogens (tertiary/aromatic N) is 1. The van der Waals surface area contributed by atoms with E-state index in [9.17, 15) is 13.2 Å². The molecule has 2 aromatic carbocycles. The van der Waals surface area contributed by atoms with Crippen molar-refractivity contribution in [3.8, 4) is 11.5 Å². The maximum Gasteiger partial charge on any atom is 0.304 e. The van der Waals surface area contributed by atoms with E-state index >= 15 is 0 Å². The highest BCUT2D eigenvalue weighted by Gasteiger charge is 2.35. The minimum absolute atomic E-state index is 0.100. The van der Waals surface area contributed by atoms with E-state index in [-0.39, 0.29) is 17.7 Å². The fourth-order valence-corrected chi connectivity index (χ4v) is 6.28. The van der Waals surface area contributed by atoms with Crippen LogP contribution in [-0.4, -0.2) is 57.5 Å². The molecule has 0 radical (unpaired) electrons. The first-order valence-corrected chi connectivity index (χ1v) is 13.7. The molecule has 2 heterocycles. The lowest BCUT2D eigenvalue weighted by Gasteiger charge is -2.39. The first kappa shape index (κ1) is 25.8. The van der Waals surface area contributed by atoms with Gasteiger partial charge in [-0.2, -0.15) is 12.7 Å². The number of carbonyl (C=O) groups excluding carboxylic acids is 1. The Morgan fingerprint density at radius 3 is 2.57 bits per heavy atom. The number of benzene rings is 2. The molecule has 0 aromatic heterocycles. The van der Waals surface area contributed by atoms with Crippen LogP contribution in [0.4, 0.5) is 0 Å². The molecule has 10 heteroatoms. The maximum absolute atomic E-state index is 12.9. The fourth-order valence-electron chi connectivity index (χ4n) is 4.89. The SMILES string of the molecule is COc1ccccc1C(=O)NS(=O)(=O)N1CCC(C2CC(Oc3ccc(Cl)cc3C)CCN2)CC1. The van der Waals surface area contributed by atoms with Crippen molar-refractivity contribution < 1.29 is 22.7 Å². The van der Waals surface area contributed by atoms with Crippen LogP contribution in [-0.2, 0) is 10.2 Å². The van der Waals surface area contributed by atoms with Crippen LogP contribution in [0.2, 0.25) is 5.02 Å². The quantitative estimate of drug-likeness (QED) is 0.578. The zero-order chi connectivity index (χ0) is 25.0. The van der Waals surface area contributed by atoms with Crippen molar-refractivity contribution >= 4 is 27.7 Å². The summed E-state index contributed by atoms with van der Waals surface area (Å²) in [7, 11) is -2.51. The maximum atomic E-state index is 12.9. The smallest absolute Gasteiger partial charge is 0.304 e. The summed E-state index contributed by atoms with van der Waals surface area (Å²) in [5.74, 6) is 0.819. The number of ether oxygens (including phenoxy) is 2. The number of methoxy groups -OCH3 is 1. The number of piperidine rings is 2. The van der Waals surface area contributed by atoms with Gasteiger partial charge in [-0.1, -0.05) is 23.7 Å². The molecule has 2 aliphatic rings. The van der Waals surface area contributed by atoms with Crippen molar-refractivity contribution in [1.82, 2.24) is 14.3 Å². The lowest BCUT2D eigenvalue weighted by molar-refractivity contribution is 0.0967. The van der Waals surface area contributed by atoms with E-state index in [1.165, 1.54) is 17.5 Å². The van der Waals surface area contributed by atoms with Crippen molar-refractivity contribution in [3.63, 3.8) is 0 Å². The molecule has 0 bridgehead atoms. The standard InChI is InChI=1S/C25H32ClN3O5S/c1-17-15-19(26)7-8-23(17)34-20-9-12-27-22(16-20)18-10-13-29(14-11-18)35(31,32)28-25(30)21-5-3-4-6-24(21)33-2/h3-8,15,18,20,22,27H,9-14,16H2,1-2H3,(H,28,30). The molecule has 2 unspecified atom stereocenters. The third kappa shape index (κ3) is 6.27. The Kier molecular flexibility index (Phi) is 8.21. The molecule has 2 fully saturated rings. The van der Waals surface area contributed by atoms with Crippen molar-refractivity contribution in [2.75, 3.05) is 26.7 Å². The molecule has 8 nitrogen and oxygen atoms in total. The van der Waals surface area contributed by atoms with Crippen molar-refractivity contribution in [1.29, 1.82) is 0 Å². The highest BCUT2D eigenvalue weighted by atomic mass is 35.5. The molecule has 1 amide bonds. The fraction of sp³-hybridized carbons (Fsp3) is 0.480. The molecule has 0 saturated carbocycles. The van der Waals surface area contributed by atoms with Gasteiger partial charge in [0.2, 0.25) is 0 Å². The van der Waals surface area contributed by atoms with E-state index in [4.69, 9.17) is 21.1 Å². The van der Waals surface area contributed by atoms with Crippen LogP contribution < -0.4 is 19.5 Å². The highest BCUT2D eigenvalue weighted by Crippen LogP contribution is 2.30. The number of rotatable bonds is 7. The second-order valence-corrected chi connectivity index (χ2v) is 11.2. The molecule has 0 spiro atoms. The van der Waals surface area contributed by atoms with Gasteiger partial charge in [-0.15, -0.1) is 0 Å². The Morgan fingerprint density at radius 2 is 1.86 bits per heavy atom. The van der Waals surface area contributed by atoms with Gasteiger partial charge in [-0.25, -0.2) is 4.72 Å². The number of aryl methyl sites for hydroxylation is 1. The molecule has 4 rings (SSSR count). The Bertz CT molecular complexity index is 1150. The van der Waals surface area contributed by atoms with Gasteiger partial charge in [0, 0.05) is 24.2 Å². The van der Waals surface area contributed by atoms with E-state index < -0.39 is 16.1 Å². The average molecular weight is 522 g/mol. The average Bonchev–Trinajstić information content (AvgIpc) is 2.86. The first-order chi connectivity index (χ1) is 16.8. The predicted octanol–water partition coefficient (Wildman–Crippen LogP) is 3.54. The number of para-hydroxylation sites is 1. The third-order valence-electron chi connectivity index (χ3n) is 6.80. The number of halogens is 1. The molecule has 2 aliphatic heterocycles. The number of nitrogens with one attached hydrogen (secondary N) is 2. The van der Waals surface area contributed by atoms with Gasteiger partial charge in [0.05, 0.1) is 12.7 Å². The summed E-state index contributed by atoms with van der Waals surface area (Å²) in [6.45, 7) is 3.57. The number of carbonyl (C=O) groups is 1. The molecule has 190 valence electrons. The summed E-state index contributed by atoms with van der Waals surface area (Å²) in [6, 6.07) is 12.5. The van der Waals surface area contributed by atoms with E-state index in [2.05, 4.69) is 10.0 Å². The molecule has 0 aliphatic carbocycles. The second kappa shape index (κ2) is 11.2. The minimum atomic E-state index is -3.95. The van der Waals surface area contributed by atoms with Crippen LogP contribution in [0.3, 0.4) is 0 Å². The molecule has 35 heavy (non-hydrogen) atoms. The molecule has 2 atom stereocenters. The number of amides is 1. The number of hydrogen-bond acceptors (Lipinski definition) is 6. The van der Waals surface area contributed by atoms with Crippen molar-refractivity contribution in [2.24, 2.45) is 5.92 Å². The Balaban J connectivity index is 1.31. The first-order valence-electron chi connectivity index (χ1n) is 11.9. The molecule has 2 N–H and O–H groups in total. The molecular formula is C25H32ClN3O5S. The molecular weight excluding hydrogens is 490 g/mol. The van der Waals surface area contributed by atoms with Gasteiger partial charge >= 0.3 is 10.2 Å². The predicted molar refractivity (Wildman–Crippen MR) is 135 cm³/mol. The van der Waals surface area contributed by atoms with Crippen molar-refractivity contribution in [2.45, 2.75) is 44.8 Å². The normalized spacial score (nSPS) is 21.9. The summed E-state index contributed by atoms with van der Waals surface area (Å²) < 4.78 is 40.7. The zero-order valence-corrected chi connectivity index (χ0v) is 21.6. The van der Waals surface area contributed by atoms with Gasteiger partial charge in [0.25, 0.3) is 5.91 Å². The highest BCUT2D eigenvalue weighted by molar-refractivity contribution is 7.87. The lowest BCUT2D eigenvalue weighted by atomic mass is 9.84. The molecule has 2 aromatic rings. The summed E-state index contributed by atoms with van der Waals surface area (Å²) in [4.78, 5) is 12.6. The van der Waals surface area contributed by atoms with Gasteiger partial charge < -0.3 is 14.8 Å². The number of hydrogen-bond donors (Lipinski definition) is 2. The van der Waals surface area contributed by atoms with Crippen LogP contribution in [0, 0.1) is 12.8 Å². The summed E-state index contributed by atoms with van der Waals surface area (Å²) in [6.07, 6.45) is 3.32. The lowest BCUT2D eigenvalue weighted by Crippen LogP contribution is -2.52. The van der Waals surface area contributed by atoms with Gasteiger partial charge in [-0.3, -0.25) is 4.79 Å². The van der Waals surface area contributed by atoms with E-state index in [1.54, 1.807) is 18.2 Å². The van der Waals surface area contributed by atoms with Crippen LogP contribution >= 0.6 is 11.6 Å². The van der Waals surface area contributed by atoms with Gasteiger partial charge in [0.15, 0.2) is 0 Å². The van der Waals surface area contributed by atoms with Gasteiger partial charge in [0.1, 0.15) is 17.6 Å². The zero-order valence-electron chi connectivity index (χ0n) is 20.0. The van der Waals surface area contributed by atoms with E-state index in [0.29, 0.717) is 42.6 Å². The summed E-state index contributed by atoms with van der Waals surface area (Å²) >= 11 is 6.06. The van der Waals surface area contributed by atoms with E-state index in [0.717, 1.165) is 30.7 Å². The van der Waals surface area contributed by atoms with Crippen LogP contribution in [0.1, 0.15) is 41.6 Å². The Labute approximate surface area is 212 Å². The largest absolute Gasteiger partial charge is 0.496 e. The Morgan fingerprint density at radius 1 is 1.11 bits per heavy atom. The van der Waals surface area contributed by atoms with Crippen LogP contribution in [0.15, 0.2) is 42.5 Å². The Hall–Kier alpha value is -2.33.